The Hall–Kier alpha value is -2.75. The molecule has 0 saturated carbocycles. The molecule has 2 aromatic heterocycles. The van der Waals surface area contributed by atoms with Crippen LogP contribution in [0.4, 0.5) is 14.5 Å². The summed E-state index contributed by atoms with van der Waals surface area (Å²) < 4.78 is 29.4. The van der Waals surface area contributed by atoms with Crippen LogP contribution in [0.3, 0.4) is 0 Å². The molecule has 2 aromatic carbocycles. The Morgan fingerprint density at radius 2 is 2.00 bits per heavy atom. The Bertz CT molecular complexity index is 1340. The van der Waals surface area contributed by atoms with Gasteiger partial charge in [0.15, 0.2) is 5.16 Å². The van der Waals surface area contributed by atoms with Gasteiger partial charge in [-0.25, -0.2) is 13.8 Å². The monoisotopic (exact) mass is 477 g/mol. The molecule has 0 atom stereocenters. The van der Waals surface area contributed by atoms with Crippen LogP contribution in [0.25, 0.3) is 10.2 Å². The first kappa shape index (κ1) is 21.5. The van der Waals surface area contributed by atoms with Gasteiger partial charge in [-0.1, -0.05) is 41.6 Å². The van der Waals surface area contributed by atoms with Gasteiger partial charge in [0.2, 0.25) is 5.91 Å². The number of amides is 1. The summed E-state index contributed by atoms with van der Waals surface area (Å²) in [6.07, 6.45) is 0. The van der Waals surface area contributed by atoms with Crippen molar-refractivity contribution in [1.82, 2.24) is 9.55 Å². The summed E-state index contributed by atoms with van der Waals surface area (Å²) in [5, 5.41) is 4.77. The van der Waals surface area contributed by atoms with Gasteiger partial charge < -0.3 is 5.32 Å². The summed E-state index contributed by atoms with van der Waals surface area (Å²) in [7, 11) is 0. The summed E-state index contributed by atoms with van der Waals surface area (Å²) in [5.74, 6) is -1.52. The number of fused-ring (bicyclic) bond motifs is 1. The van der Waals surface area contributed by atoms with Gasteiger partial charge in [0.05, 0.1) is 28.5 Å². The molecule has 0 aliphatic rings. The second-order valence-corrected chi connectivity index (χ2v) is 8.74. The molecule has 0 unspecified atom stereocenters. The average molecular weight is 478 g/mol. The third kappa shape index (κ3) is 4.79. The maximum atomic E-state index is 14.2. The molecule has 1 N–H and O–H groups in total. The molecular formula is C21H14ClF2N3O2S2. The topological polar surface area (TPSA) is 64.0 Å². The highest BCUT2D eigenvalue weighted by atomic mass is 35.5. The van der Waals surface area contributed by atoms with Crippen molar-refractivity contribution in [2.24, 2.45) is 0 Å². The molecule has 31 heavy (non-hydrogen) atoms. The number of anilines is 1. The first-order chi connectivity index (χ1) is 14.9. The van der Waals surface area contributed by atoms with Gasteiger partial charge in [-0.2, -0.15) is 0 Å². The molecule has 2 heterocycles. The minimum Gasteiger partial charge on any atom is -0.324 e. The van der Waals surface area contributed by atoms with Gasteiger partial charge in [0.25, 0.3) is 5.56 Å². The summed E-state index contributed by atoms with van der Waals surface area (Å²) in [5.41, 5.74) is 0.688. The van der Waals surface area contributed by atoms with Crippen molar-refractivity contribution in [2.45, 2.75) is 11.7 Å². The number of carbonyl (C=O) groups excluding carboxylic acids is 1. The van der Waals surface area contributed by atoms with Crippen molar-refractivity contribution >= 4 is 56.5 Å². The number of nitrogens with zero attached hydrogens (tertiary/aromatic N) is 2. The van der Waals surface area contributed by atoms with Gasteiger partial charge in [-0.05, 0) is 35.7 Å². The molecule has 0 aliphatic heterocycles. The van der Waals surface area contributed by atoms with Crippen molar-refractivity contribution in [3.05, 3.63) is 86.5 Å². The van der Waals surface area contributed by atoms with E-state index in [1.807, 2.05) is 0 Å². The Labute approximate surface area is 188 Å². The maximum absolute atomic E-state index is 14.2. The number of hydrogen-bond donors (Lipinski definition) is 1. The standard InChI is InChI=1S/C21H14ClF2N3O2S2/c22-14-6-5-13(23)9-17(14)25-18(28)11-31-21-26-16-7-8-30-19(16)20(29)27(21)10-12-3-1-2-4-15(12)24/h1-9H,10-11H2,(H,25,28). The van der Waals surface area contributed by atoms with Gasteiger partial charge in [-0.3, -0.25) is 14.2 Å². The largest absolute Gasteiger partial charge is 0.324 e. The van der Waals surface area contributed by atoms with E-state index in [4.69, 9.17) is 11.6 Å². The zero-order valence-corrected chi connectivity index (χ0v) is 18.2. The van der Waals surface area contributed by atoms with E-state index in [1.165, 1.54) is 34.1 Å². The van der Waals surface area contributed by atoms with Crippen LogP contribution in [0.2, 0.25) is 5.02 Å². The average Bonchev–Trinajstić information content (AvgIpc) is 3.22. The van der Waals surface area contributed by atoms with Gasteiger partial charge in [0, 0.05) is 5.56 Å². The molecule has 0 saturated heterocycles. The van der Waals surface area contributed by atoms with E-state index < -0.39 is 17.5 Å². The van der Waals surface area contributed by atoms with Crippen LogP contribution in [0.1, 0.15) is 5.56 Å². The Morgan fingerprint density at radius 1 is 1.19 bits per heavy atom. The Balaban J connectivity index is 1.60. The van der Waals surface area contributed by atoms with Crippen LogP contribution in [0, 0.1) is 11.6 Å². The first-order valence-electron chi connectivity index (χ1n) is 9.01. The predicted octanol–water partition coefficient (Wildman–Crippen LogP) is 5.17. The van der Waals surface area contributed by atoms with Crippen molar-refractivity contribution in [1.29, 1.82) is 0 Å². The lowest BCUT2D eigenvalue weighted by molar-refractivity contribution is -0.113. The summed E-state index contributed by atoms with van der Waals surface area (Å²) in [4.78, 5) is 29.8. The first-order valence-corrected chi connectivity index (χ1v) is 11.3. The lowest BCUT2D eigenvalue weighted by atomic mass is 10.2. The molecular weight excluding hydrogens is 464 g/mol. The summed E-state index contributed by atoms with van der Waals surface area (Å²) >= 11 is 8.26. The molecule has 0 fully saturated rings. The van der Waals surface area contributed by atoms with E-state index in [0.717, 1.165) is 17.8 Å². The number of halogens is 3. The zero-order chi connectivity index (χ0) is 22.0. The van der Waals surface area contributed by atoms with E-state index in [2.05, 4.69) is 10.3 Å². The normalized spacial score (nSPS) is 11.1. The molecule has 0 aliphatic carbocycles. The van der Waals surface area contributed by atoms with Crippen LogP contribution in [-0.2, 0) is 11.3 Å². The van der Waals surface area contributed by atoms with E-state index in [9.17, 15) is 18.4 Å². The van der Waals surface area contributed by atoms with Gasteiger partial charge in [0.1, 0.15) is 16.3 Å². The van der Waals surface area contributed by atoms with Gasteiger partial charge >= 0.3 is 0 Å². The second-order valence-electron chi connectivity index (χ2n) is 6.47. The van der Waals surface area contributed by atoms with Crippen LogP contribution in [0.15, 0.2) is 63.9 Å². The second kappa shape index (κ2) is 9.17. The number of hydrogen-bond acceptors (Lipinski definition) is 5. The number of aromatic nitrogens is 2. The Morgan fingerprint density at radius 3 is 2.81 bits per heavy atom. The highest BCUT2D eigenvalue weighted by molar-refractivity contribution is 7.99. The highest BCUT2D eigenvalue weighted by Crippen LogP contribution is 2.25. The Kier molecular flexibility index (Phi) is 6.35. The molecule has 1 amide bonds. The van der Waals surface area contributed by atoms with Crippen LogP contribution in [-0.4, -0.2) is 21.2 Å². The third-order valence-electron chi connectivity index (χ3n) is 4.35. The molecule has 0 bridgehead atoms. The number of carbonyl (C=O) groups is 1. The van der Waals surface area contributed by atoms with E-state index >= 15 is 0 Å². The van der Waals surface area contributed by atoms with Crippen molar-refractivity contribution in [3.63, 3.8) is 0 Å². The number of nitrogens with one attached hydrogen (secondary N) is 1. The quantitative estimate of drug-likeness (QED) is 0.307. The lowest BCUT2D eigenvalue weighted by Gasteiger charge is -2.13. The molecule has 5 nitrogen and oxygen atoms in total. The van der Waals surface area contributed by atoms with Crippen molar-refractivity contribution in [2.75, 3.05) is 11.1 Å². The number of thiophene rings is 1. The van der Waals surface area contributed by atoms with E-state index in [0.29, 0.717) is 15.8 Å². The van der Waals surface area contributed by atoms with Crippen molar-refractivity contribution in [3.8, 4) is 0 Å². The van der Waals surface area contributed by atoms with E-state index in [-0.39, 0.29) is 33.7 Å². The summed E-state index contributed by atoms with van der Waals surface area (Å²) in [6, 6.07) is 11.5. The fourth-order valence-electron chi connectivity index (χ4n) is 2.88. The highest BCUT2D eigenvalue weighted by Gasteiger charge is 2.16. The van der Waals surface area contributed by atoms with Crippen LogP contribution in [0.5, 0.6) is 0 Å². The minimum absolute atomic E-state index is 0.0218. The minimum atomic E-state index is -0.532. The maximum Gasteiger partial charge on any atom is 0.272 e. The molecule has 4 aromatic rings. The number of thioether (sulfide) groups is 1. The fourth-order valence-corrected chi connectivity index (χ4v) is 4.62. The third-order valence-corrected chi connectivity index (χ3v) is 6.55. The molecule has 0 spiro atoms. The van der Waals surface area contributed by atoms with E-state index in [1.54, 1.807) is 29.6 Å². The molecule has 10 heteroatoms. The molecule has 0 radical (unpaired) electrons. The zero-order valence-electron chi connectivity index (χ0n) is 15.8. The lowest BCUT2D eigenvalue weighted by Crippen LogP contribution is -2.24. The SMILES string of the molecule is O=C(CSc1nc2ccsc2c(=O)n1Cc1ccccc1F)Nc1cc(F)ccc1Cl. The van der Waals surface area contributed by atoms with Crippen LogP contribution < -0.4 is 10.9 Å². The fraction of sp³-hybridized carbons (Fsp3) is 0.0952. The van der Waals surface area contributed by atoms with Gasteiger partial charge in [-0.15, -0.1) is 11.3 Å². The smallest absolute Gasteiger partial charge is 0.272 e. The van der Waals surface area contributed by atoms with Crippen molar-refractivity contribution < 1.29 is 13.6 Å². The molecule has 4 rings (SSSR count). The molecule has 158 valence electrons. The van der Waals surface area contributed by atoms with Crippen LogP contribution >= 0.6 is 34.7 Å². The number of rotatable bonds is 6. The number of benzene rings is 2. The predicted molar refractivity (Wildman–Crippen MR) is 120 cm³/mol. The summed E-state index contributed by atoms with van der Waals surface area (Å²) in [6.45, 7) is -0.0218.